The lowest BCUT2D eigenvalue weighted by Gasteiger charge is -2.13. The Hall–Kier alpha value is -2.21. The third-order valence-corrected chi connectivity index (χ3v) is 3.61. The molecular formula is C16H22N3O3+. The molecule has 0 saturated carbocycles. The van der Waals surface area contributed by atoms with E-state index in [1.807, 2.05) is 14.1 Å². The molecule has 0 aromatic heterocycles. The van der Waals surface area contributed by atoms with Crippen LogP contribution in [0.25, 0.3) is 0 Å². The molecule has 22 heavy (non-hydrogen) atoms. The van der Waals surface area contributed by atoms with E-state index in [1.165, 1.54) is 9.80 Å². The lowest BCUT2D eigenvalue weighted by Crippen LogP contribution is -3.06. The van der Waals surface area contributed by atoms with Crippen LogP contribution in [0.3, 0.4) is 0 Å². The number of likely N-dealkylation sites (N-methyl/N-ethyl adjacent to an activating group) is 1. The molecule has 6 heteroatoms. The van der Waals surface area contributed by atoms with Crippen LogP contribution in [0, 0.1) is 0 Å². The van der Waals surface area contributed by atoms with E-state index in [2.05, 4.69) is 5.32 Å². The third kappa shape index (κ3) is 3.71. The zero-order valence-electron chi connectivity index (χ0n) is 13.0. The molecule has 0 radical (unpaired) electrons. The molecule has 1 heterocycles. The molecule has 1 aromatic carbocycles. The van der Waals surface area contributed by atoms with Gasteiger partial charge in [-0.1, -0.05) is 12.1 Å². The maximum Gasteiger partial charge on any atom is 0.261 e. The van der Waals surface area contributed by atoms with Crippen LogP contribution in [-0.4, -0.2) is 56.4 Å². The Labute approximate surface area is 130 Å². The lowest BCUT2D eigenvalue weighted by atomic mass is 10.1. The molecule has 2 rings (SSSR count). The normalized spacial score (nSPS) is 13.7. The smallest absolute Gasteiger partial charge is 0.261 e. The number of imide groups is 1. The van der Waals surface area contributed by atoms with Crippen LogP contribution in [0.1, 0.15) is 33.6 Å². The molecule has 0 bridgehead atoms. The summed E-state index contributed by atoms with van der Waals surface area (Å²) in [7, 11) is 4.04. The van der Waals surface area contributed by atoms with Gasteiger partial charge in [0, 0.05) is 13.0 Å². The predicted octanol–water partition coefficient (Wildman–Crippen LogP) is -0.676. The number of carbonyl (C=O) groups is 3. The van der Waals surface area contributed by atoms with Gasteiger partial charge in [0.05, 0.1) is 38.3 Å². The number of rotatable bonds is 7. The Morgan fingerprint density at radius 1 is 1.14 bits per heavy atom. The fraction of sp³-hybridized carbons (Fsp3) is 0.438. The predicted molar refractivity (Wildman–Crippen MR) is 81.7 cm³/mol. The van der Waals surface area contributed by atoms with E-state index < -0.39 is 0 Å². The quantitative estimate of drug-likeness (QED) is 0.656. The van der Waals surface area contributed by atoms with E-state index in [4.69, 9.17) is 0 Å². The van der Waals surface area contributed by atoms with Crippen molar-refractivity contribution in [2.24, 2.45) is 0 Å². The van der Waals surface area contributed by atoms with Crippen molar-refractivity contribution in [2.75, 3.05) is 33.7 Å². The highest BCUT2D eigenvalue weighted by Gasteiger charge is 2.34. The highest BCUT2D eigenvalue weighted by atomic mass is 16.2. The van der Waals surface area contributed by atoms with Crippen LogP contribution in [-0.2, 0) is 4.79 Å². The SMILES string of the molecule is C[NH+](C)CCNC(=O)CCCN1C(=O)c2ccccc2C1=O. The fourth-order valence-electron chi connectivity index (χ4n) is 2.38. The molecule has 0 aliphatic carbocycles. The molecular weight excluding hydrogens is 282 g/mol. The molecule has 6 nitrogen and oxygen atoms in total. The second-order valence-corrected chi connectivity index (χ2v) is 5.72. The maximum atomic E-state index is 12.1. The number of quaternary nitrogens is 1. The van der Waals surface area contributed by atoms with Gasteiger partial charge in [0.25, 0.3) is 11.8 Å². The zero-order chi connectivity index (χ0) is 16.1. The molecule has 0 saturated heterocycles. The number of hydrogen-bond acceptors (Lipinski definition) is 3. The largest absolute Gasteiger partial charge is 0.350 e. The minimum atomic E-state index is -0.266. The first-order chi connectivity index (χ1) is 10.5. The molecule has 2 N–H and O–H groups in total. The summed E-state index contributed by atoms with van der Waals surface area (Å²) in [5.41, 5.74) is 0.900. The summed E-state index contributed by atoms with van der Waals surface area (Å²) in [5.74, 6) is -0.577. The van der Waals surface area contributed by atoms with Gasteiger partial charge < -0.3 is 10.2 Å². The van der Waals surface area contributed by atoms with Gasteiger partial charge in [0.1, 0.15) is 0 Å². The van der Waals surface area contributed by atoms with Crippen molar-refractivity contribution in [3.63, 3.8) is 0 Å². The molecule has 0 unspecified atom stereocenters. The Balaban J connectivity index is 1.78. The van der Waals surface area contributed by atoms with E-state index in [0.29, 0.717) is 30.5 Å². The summed E-state index contributed by atoms with van der Waals surface area (Å²) in [5, 5.41) is 2.83. The van der Waals surface area contributed by atoms with Gasteiger partial charge >= 0.3 is 0 Å². The molecule has 3 amide bonds. The van der Waals surface area contributed by atoms with Crippen molar-refractivity contribution in [3.8, 4) is 0 Å². The van der Waals surface area contributed by atoms with Gasteiger partial charge in [-0.15, -0.1) is 0 Å². The highest BCUT2D eigenvalue weighted by molar-refractivity contribution is 6.21. The van der Waals surface area contributed by atoms with Crippen molar-refractivity contribution in [1.82, 2.24) is 10.2 Å². The fourth-order valence-corrected chi connectivity index (χ4v) is 2.38. The van der Waals surface area contributed by atoms with Gasteiger partial charge in [0.15, 0.2) is 0 Å². The molecule has 1 aliphatic rings. The highest BCUT2D eigenvalue weighted by Crippen LogP contribution is 2.22. The number of nitrogens with one attached hydrogen (secondary N) is 2. The first-order valence-corrected chi connectivity index (χ1v) is 7.51. The Kier molecular flexibility index (Phi) is 5.27. The topological polar surface area (TPSA) is 70.9 Å². The number of fused-ring (bicyclic) bond motifs is 1. The molecule has 0 fully saturated rings. The first kappa shape index (κ1) is 16.2. The second-order valence-electron chi connectivity index (χ2n) is 5.72. The summed E-state index contributed by atoms with van der Waals surface area (Å²) in [4.78, 5) is 38.4. The summed E-state index contributed by atoms with van der Waals surface area (Å²) in [6.45, 7) is 1.77. The van der Waals surface area contributed by atoms with Gasteiger partial charge in [-0.05, 0) is 18.6 Å². The van der Waals surface area contributed by atoms with Crippen LogP contribution in [0.2, 0.25) is 0 Å². The van der Waals surface area contributed by atoms with Crippen molar-refractivity contribution >= 4 is 17.7 Å². The number of amides is 3. The van der Waals surface area contributed by atoms with Crippen molar-refractivity contribution < 1.29 is 19.3 Å². The van der Waals surface area contributed by atoms with Crippen LogP contribution in [0.15, 0.2) is 24.3 Å². The molecule has 0 atom stereocenters. The van der Waals surface area contributed by atoms with Crippen LogP contribution >= 0.6 is 0 Å². The number of hydrogen-bond donors (Lipinski definition) is 2. The first-order valence-electron chi connectivity index (χ1n) is 7.51. The molecule has 1 aliphatic heterocycles. The van der Waals surface area contributed by atoms with Crippen LogP contribution < -0.4 is 10.2 Å². The monoisotopic (exact) mass is 304 g/mol. The number of carbonyl (C=O) groups excluding carboxylic acids is 3. The van der Waals surface area contributed by atoms with E-state index in [9.17, 15) is 14.4 Å². The summed E-state index contributed by atoms with van der Waals surface area (Å²) < 4.78 is 0. The average molecular weight is 304 g/mol. The number of benzene rings is 1. The minimum absolute atomic E-state index is 0.0436. The summed E-state index contributed by atoms with van der Waals surface area (Å²) in [6, 6.07) is 6.80. The van der Waals surface area contributed by atoms with E-state index >= 15 is 0 Å². The van der Waals surface area contributed by atoms with Crippen molar-refractivity contribution in [3.05, 3.63) is 35.4 Å². The zero-order valence-corrected chi connectivity index (χ0v) is 13.0. The standard InChI is InChI=1S/C16H21N3O3/c1-18(2)11-9-17-14(20)8-5-10-19-15(21)12-6-3-4-7-13(12)16(19)22/h3-4,6-7H,5,8-11H2,1-2H3,(H,17,20)/p+1. The van der Waals surface area contributed by atoms with Crippen molar-refractivity contribution in [2.45, 2.75) is 12.8 Å². The van der Waals surface area contributed by atoms with Gasteiger partial charge in [-0.3, -0.25) is 19.3 Å². The van der Waals surface area contributed by atoms with Crippen LogP contribution in [0.4, 0.5) is 0 Å². The van der Waals surface area contributed by atoms with Crippen molar-refractivity contribution in [1.29, 1.82) is 0 Å². The molecule has 0 spiro atoms. The molecule has 118 valence electrons. The maximum absolute atomic E-state index is 12.1. The summed E-state index contributed by atoms with van der Waals surface area (Å²) in [6.07, 6.45) is 0.794. The number of nitrogens with zero attached hydrogens (tertiary/aromatic N) is 1. The van der Waals surface area contributed by atoms with E-state index in [0.717, 1.165) is 6.54 Å². The third-order valence-electron chi connectivity index (χ3n) is 3.61. The molecule has 1 aromatic rings. The van der Waals surface area contributed by atoms with E-state index in [-0.39, 0.29) is 24.3 Å². The van der Waals surface area contributed by atoms with Crippen LogP contribution in [0.5, 0.6) is 0 Å². The second kappa shape index (κ2) is 7.17. The van der Waals surface area contributed by atoms with Gasteiger partial charge in [-0.25, -0.2) is 0 Å². The Bertz CT molecular complexity index is 549. The lowest BCUT2D eigenvalue weighted by molar-refractivity contribution is -0.856. The van der Waals surface area contributed by atoms with E-state index in [1.54, 1.807) is 24.3 Å². The van der Waals surface area contributed by atoms with Gasteiger partial charge in [0.2, 0.25) is 5.91 Å². The minimum Gasteiger partial charge on any atom is -0.350 e. The Morgan fingerprint density at radius 2 is 1.73 bits per heavy atom. The summed E-state index contributed by atoms with van der Waals surface area (Å²) >= 11 is 0. The van der Waals surface area contributed by atoms with Gasteiger partial charge in [-0.2, -0.15) is 0 Å². The average Bonchev–Trinajstić information content (AvgIpc) is 2.72. The Morgan fingerprint density at radius 3 is 2.27 bits per heavy atom.